The number of hydrogen-bond donors (Lipinski definition) is 1. The number of unbranched alkanes of at least 4 members (excludes halogenated alkanes) is 13. The van der Waals surface area contributed by atoms with Crippen LogP contribution in [0.3, 0.4) is 0 Å². The van der Waals surface area contributed by atoms with Crippen LogP contribution in [0.5, 0.6) is 0 Å². The van der Waals surface area contributed by atoms with Crippen molar-refractivity contribution in [3.05, 3.63) is 0 Å². The second-order valence-electron chi connectivity index (χ2n) is 7.42. The Hall–Kier alpha value is 0.440. The van der Waals surface area contributed by atoms with Gasteiger partial charge >= 0.3 is 0 Å². The van der Waals surface area contributed by atoms with Gasteiger partial charge in [0.25, 0.3) is 0 Å². The van der Waals surface area contributed by atoms with Crippen LogP contribution in [0.1, 0.15) is 130 Å². The summed E-state index contributed by atoms with van der Waals surface area (Å²) in [4.78, 5) is 0. The molecule has 0 spiro atoms. The SMILES string of the molecule is Br.CCCCCCCCCCCCCCCCC(N)(CC)CC. The van der Waals surface area contributed by atoms with Gasteiger partial charge < -0.3 is 5.73 Å². The maximum Gasteiger partial charge on any atom is 0.0149 e. The van der Waals surface area contributed by atoms with Gasteiger partial charge in [0.05, 0.1) is 0 Å². The van der Waals surface area contributed by atoms with Gasteiger partial charge in [-0.2, -0.15) is 0 Å². The topological polar surface area (TPSA) is 26.0 Å². The van der Waals surface area contributed by atoms with E-state index in [1.807, 2.05) is 0 Å². The van der Waals surface area contributed by atoms with E-state index in [4.69, 9.17) is 5.73 Å². The second-order valence-corrected chi connectivity index (χ2v) is 7.42. The molecule has 0 aliphatic rings. The number of nitrogens with two attached hydrogens (primary N) is 1. The van der Waals surface area contributed by atoms with Crippen LogP contribution >= 0.6 is 17.0 Å². The summed E-state index contributed by atoms with van der Waals surface area (Å²) in [7, 11) is 0. The Morgan fingerprint density at radius 1 is 0.522 bits per heavy atom. The summed E-state index contributed by atoms with van der Waals surface area (Å²) >= 11 is 0. The predicted molar refractivity (Wildman–Crippen MR) is 113 cm³/mol. The van der Waals surface area contributed by atoms with Crippen molar-refractivity contribution in [1.82, 2.24) is 0 Å². The van der Waals surface area contributed by atoms with Crippen molar-refractivity contribution < 1.29 is 0 Å². The Kier molecular flexibility index (Phi) is 21.0. The summed E-state index contributed by atoms with van der Waals surface area (Å²) in [5, 5.41) is 0. The first-order chi connectivity index (χ1) is 10.7. The van der Waals surface area contributed by atoms with E-state index in [0.29, 0.717) is 0 Å². The molecule has 0 saturated heterocycles. The van der Waals surface area contributed by atoms with Crippen LogP contribution in [0.2, 0.25) is 0 Å². The molecule has 0 amide bonds. The van der Waals surface area contributed by atoms with Gasteiger partial charge in [-0.15, -0.1) is 17.0 Å². The van der Waals surface area contributed by atoms with Crippen molar-refractivity contribution in [3.63, 3.8) is 0 Å². The molecule has 0 aromatic heterocycles. The molecule has 0 unspecified atom stereocenters. The fraction of sp³-hybridized carbons (Fsp3) is 1.00. The molecule has 0 heterocycles. The van der Waals surface area contributed by atoms with Gasteiger partial charge in [0.15, 0.2) is 0 Å². The zero-order valence-corrected chi connectivity index (χ0v) is 18.2. The molecule has 1 nitrogen and oxygen atoms in total. The van der Waals surface area contributed by atoms with Crippen molar-refractivity contribution in [2.45, 2.75) is 135 Å². The van der Waals surface area contributed by atoms with Crippen molar-refractivity contribution in [2.24, 2.45) is 5.73 Å². The number of rotatable bonds is 17. The van der Waals surface area contributed by atoms with Crippen LogP contribution in [-0.4, -0.2) is 5.54 Å². The fourth-order valence-electron chi connectivity index (χ4n) is 3.28. The molecule has 0 aliphatic carbocycles. The lowest BCUT2D eigenvalue weighted by Crippen LogP contribution is -2.38. The normalized spacial score (nSPS) is 11.5. The van der Waals surface area contributed by atoms with E-state index in [2.05, 4.69) is 20.8 Å². The summed E-state index contributed by atoms with van der Waals surface area (Å²) in [5.41, 5.74) is 6.47. The summed E-state index contributed by atoms with van der Waals surface area (Å²) in [5.74, 6) is 0. The molecule has 0 rings (SSSR count). The molecule has 23 heavy (non-hydrogen) atoms. The summed E-state index contributed by atoms with van der Waals surface area (Å²) in [6, 6.07) is 0. The third-order valence-corrected chi connectivity index (χ3v) is 5.44. The van der Waals surface area contributed by atoms with Crippen molar-refractivity contribution in [1.29, 1.82) is 0 Å². The number of hydrogen-bond acceptors (Lipinski definition) is 1. The molecule has 0 fully saturated rings. The molecule has 0 aliphatic heterocycles. The highest BCUT2D eigenvalue weighted by Gasteiger charge is 2.18. The van der Waals surface area contributed by atoms with Crippen LogP contribution in [0.25, 0.3) is 0 Å². The van der Waals surface area contributed by atoms with Crippen LogP contribution in [0.4, 0.5) is 0 Å². The molecular formula is C21H46BrN. The maximum absolute atomic E-state index is 6.34. The van der Waals surface area contributed by atoms with Crippen molar-refractivity contribution in [3.8, 4) is 0 Å². The minimum atomic E-state index is 0. The Bertz CT molecular complexity index is 214. The average molecular weight is 393 g/mol. The molecule has 0 bridgehead atoms. The maximum atomic E-state index is 6.34. The molecule has 0 saturated carbocycles. The zero-order valence-electron chi connectivity index (χ0n) is 16.5. The van der Waals surface area contributed by atoms with Crippen molar-refractivity contribution >= 4 is 17.0 Å². The molecule has 0 aromatic carbocycles. The standard InChI is InChI=1S/C21H45N.BrH/c1-4-7-8-9-10-11-12-13-14-15-16-17-18-19-20-21(22,5-2)6-3;/h4-20,22H2,1-3H3;1H. The Labute approximate surface area is 158 Å². The Morgan fingerprint density at radius 2 is 0.826 bits per heavy atom. The van der Waals surface area contributed by atoms with Crippen LogP contribution in [0, 0.1) is 0 Å². The van der Waals surface area contributed by atoms with Gasteiger partial charge in [-0.25, -0.2) is 0 Å². The molecule has 0 aromatic rings. The lowest BCUT2D eigenvalue weighted by molar-refractivity contribution is 0.350. The van der Waals surface area contributed by atoms with E-state index in [1.54, 1.807) is 0 Å². The van der Waals surface area contributed by atoms with Gasteiger partial charge in [0.2, 0.25) is 0 Å². The first kappa shape index (κ1) is 25.7. The lowest BCUT2D eigenvalue weighted by atomic mass is 9.88. The average Bonchev–Trinajstić information content (AvgIpc) is 2.55. The van der Waals surface area contributed by atoms with Gasteiger partial charge in [-0.3, -0.25) is 0 Å². The largest absolute Gasteiger partial charge is 0.325 e. The molecular weight excluding hydrogens is 346 g/mol. The van der Waals surface area contributed by atoms with Crippen LogP contribution < -0.4 is 5.73 Å². The summed E-state index contributed by atoms with van der Waals surface area (Å²) in [6.45, 7) is 6.75. The van der Waals surface area contributed by atoms with E-state index in [1.165, 1.54) is 96.3 Å². The summed E-state index contributed by atoms with van der Waals surface area (Å²) < 4.78 is 0. The second kappa shape index (κ2) is 18.8. The zero-order chi connectivity index (χ0) is 16.5. The lowest BCUT2D eigenvalue weighted by Gasteiger charge is -2.26. The molecule has 0 atom stereocenters. The van der Waals surface area contributed by atoms with Gasteiger partial charge in [0.1, 0.15) is 0 Å². The van der Waals surface area contributed by atoms with Crippen LogP contribution in [0.15, 0.2) is 0 Å². The fourth-order valence-corrected chi connectivity index (χ4v) is 3.28. The molecule has 0 radical (unpaired) electrons. The van der Waals surface area contributed by atoms with Crippen molar-refractivity contribution in [2.75, 3.05) is 0 Å². The van der Waals surface area contributed by atoms with E-state index < -0.39 is 0 Å². The van der Waals surface area contributed by atoms with E-state index in [-0.39, 0.29) is 22.5 Å². The third-order valence-electron chi connectivity index (χ3n) is 5.44. The van der Waals surface area contributed by atoms with Gasteiger partial charge in [-0.1, -0.05) is 111 Å². The highest BCUT2D eigenvalue weighted by molar-refractivity contribution is 8.93. The smallest absolute Gasteiger partial charge is 0.0149 e. The van der Waals surface area contributed by atoms with E-state index in [0.717, 1.165) is 12.8 Å². The van der Waals surface area contributed by atoms with Gasteiger partial charge in [-0.05, 0) is 19.3 Å². The van der Waals surface area contributed by atoms with E-state index in [9.17, 15) is 0 Å². The summed E-state index contributed by atoms with van der Waals surface area (Å²) in [6.07, 6.45) is 23.5. The van der Waals surface area contributed by atoms with E-state index >= 15 is 0 Å². The first-order valence-electron chi connectivity index (χ1n) is 10.5. The predicted octanol–water partition coefficient (Wildman–Crippen LogP) is 7.95. The molecule has 142 valence electrons. The molecule has 2 N–H and O–H groups in total. The van der Waals surface area contributed by atoms with Crippen LogP contribution in [-0.2, 0) is 0 Å². The number of halogens is 1. The first-order valence-corrected chi connectivity index (χ1v) is 10.5. The highest BCUT2D eigenvalue weighted by atomic mass is 79.9. The Balaban J connectivity index is 0. The van der Waals surface area contributed by atoms with Gasteiger partial charge in [0, 0.05) is 5.54 Å². The minimum absolute atomic E-state index is 0. The minimum Gasteiger partial charge on any atom is -0.325 e. The molecule has 2 heteroatoms. The quantitative estimate of drug-likeness (QED) is 0.250. The third kappa shape index (κ3) is 17.1. The highest BCUT2D eigenvalue weighted by Crippen LogP contribution is 2.20. The Morgan fingerprint density at radius 3 is 1.13 bits per heavy atom. The monoisotopic (exact) mass is 391 g/mol.